The third-order valence-electron chi connectivity index (χ3n) is 7.46. The van der Waals surface area contributed by atoms with E-state index < -0.39 is 11.2 Å². The Balaban J connectivity index is 2.68. The third-order valence-corrected chi connectivity index (χ3v) is 7.86. The molecular weight excluding hydrogens is 420 g/mol. The summed E-state index contributed by atoms with van der Waals surface area (Å²) in [5.41, 5.74) is 6.73. The van der Waals surface area contributed by atoms with Crippen LogP contribution in [0.15, 0.2) is 0 Å². The van der Waals surface area contributed by atoms with E-state index in [1.54, 1.807) is 3.97 Å². The number of halogens is 2. The molecule has 0 aliphatic carbocycles. The van der Waals surface area contributed by atoms with Crippen LogP contribution in [0.5, 0.6) is 0 Å². The van der Waals surface area contributed by atoms with E-state index in [9.17, 15) is 0 Å². The van der Waals surface area contributed by atoms with Gasteiger partial charge in [0.1, 0.15) is 11.6 Å². The lowest BCUT2D eigenvalue weighted by molar-refractivity contribution is 0.408. The summed E-state index contributed by atoms with van der Waals surface area (Å²) in [4.78, 5) is 0. The molecule has 0 spiro atoms. The first kappa shape index (κ1) is 25.1. The van der Waals surface area contributed by atoms with Crippen LogP contribution in [0, 0.1) is 18.6 Å². The molecule has 1 nitrogen and oxygen atoms in total. The highest BCUT2D eigenvalue weighted by atomic mass is 32.1. The zero-order chi connectivity index (χ0) is 24.0. The van der Waals surface area contributed by atoms with Crippen molar-refractivity contribution in [2.45, 2.75) is 106 Å². The van der Waals surface area contributed by atoms with Gasteiger partial charge in [-0.15, -0.1) is 0 Å². The number of rotatable bonds is 8. The Morgan fingerprint density at radius 3 is 1.78 bits per heavy atom. The molecule has 32 heavy (non-hydrogen) atoms. The highest BCUT2D eigenvalue weighted by Gasteiger charge is 2.34. The molecule has 2 aromatic carbocycles. The fraction of sp³-hybridized carbons (Fsp3) is 0.571. The predicted molar refractivity (Wildman–Crippen MR) is 139 cm³/mol. The molecule has 0 amide bonds. The van der Waals surface area contributed by atoms with E-state index in [4.69, 9.17) is 12.8 Å². The van der Waals surface area contributed by atoms with Crippen LogP contribution in [0.25, 0.3) is 21.8 Å². The number of aryl methyl sites for hydroxylation is 3. The van der Waals surface area contributed by atoms with Gasteiger partial charge < -0.3 is 0 Å². The first-order valence-corrected chi connectivity index (χ1v) is 12.7. The Bertz CT molecular complexity index is 1170. The van der Waals surface area contributed by atoms with E-state index >= 15 is 8.78 Å². The molecule has 0 saturated carbocycles. The first-order valence-electron chi connectivity index (χ1n) is 12.3. The minimum absolute atomic E-state index is 0.245. The van der Waals surface area contributed by atoms with Crippen molar-refractivity contribution in [1.82, 2.24) is 3.97 Å². The summed E-state index contributed by atoms with van der Waals surface area (Å²) in [5.74, 6) is -0.781. The van der Waals surface area contributed by atoms with E-state index in [-0.39, 0.29) is 11.4 Å². The van der Waals surface area contributed by atoms with Gasteiger partial charge in [0, 0.05) is 21.9 Å². The lowest BCUT2D eigenvalue weighted by atomic mass is 9.77. The van der Waals surface area contributed by atoms with Crippen LogP contribution in [0.3, 0.4) is 0 Å². The van der Waals surface area contributed by atoms with Crippen molar-refractivity contribution < 1.29 is 8.78 Å². The zero-order valence-electron chi connectivity index (χ0n) is 21.1. The van der Waals surface area contributed by atoms with Crippen LogP contribution in [0.4, 0.5) is 8.78 Å². The third kappa shape index (κ3) is 3.57. The van der Waals surface area contributed by atoms with Gasteiger partial charge in [0.05, 0.1) is 11.0 Å². The average Bonchev–Trinajstić information content (AvgIpc) is 3.05. The Hall–Kier alpha value is -1.55. The summed E-state index contributed by atoms with van der Waals surface area (Å²) in [5, 5.41) is 1.51. The number of nitrogens with zero attached hydrogens (tertiary/aromatic N) is 1. The second-order valence-corrected chi connectivity index (χ2v) is 10.1. The van der Waals surface area contributed by atoms with Gasteiger partial charge in [-0.25, -0.2) is 8.78 Å². The molecule has 0 radical (unpaired) electrons. The van der Waals surface area contributed by atoms with Crippen LogP contribution >= 0.6 is 12.8 Å². The minimum atomic E-state index is -0.578. The molecule has 176 valence electrons. The number of hydrogen-bond donors (Lipinski definition) is 1. The summed E-state index contributed by atoms with van der Waals surface area (Å²) in [6.45, 7) is 16.6. The fourth-order valence-corrected chi connectivity index (χ4v) is 6.24. The van der Waals surface area contributed by atoms with E-state index in [0.717, 1.165) is 49.4 Å². The Morgan fingerprint density at radius 1 is 0.750 bits per heavy atom. The SMILES string of the molecule is CCCCC(C)(C)c1c(F)c(CC)c2c(c1F)c1c(CC)c(CC)c(C)c(CC)c1n2S. The molecule has 3 rings (SSSR count). The highest BCUT2D eigenvalue weighted by molar-refractivity contribution is 7.79. The van der Waals surface area contributed by atoms with Crippen molar-refractivity contribution in [2.24, 2.45) is 0 Å². The molecule has 1 aromatic heterocycles. The Kier molecular flexibility index (Phi) is 7.34. The summed E-state index contributed by atoms with van der Waals surface area (Å²) in [7, 11) is 0. The fourth-order valence-electron chi connectivity index (χ4n) is 5.80. The van der Waals surface area contributed by atoms with Crippen LogP contribution in [0.1, 0.15) is 101 Å². The Labute approximate surface area is 198 Å². The maximum Gasteiger partial charge on any atom is 0.139 e. The highest BCUT2D eigenvalue weighted by Crippen LogP contribution is 2.46. The molecule has 0 fully saturated rings. The van der Waals surface area contributed by atoms with Crippen molar-refractivity contribution >= 4 is 34.6 Å². The number of aromatic nitrogens is 1. The molecule has 0 N–H and O–H groups in total. The van der Waals surface area contributed by atoms with Crippen molar-refractivity contribution in [3.05, 3.63) is 45.0 Å². The second-order valence-electron chi connectivity index (χ2n) is 9.70. The van der Waals surface area contributed by atoms with Gasteiger partial charge in [0.25, 0.3) is 0 Å². The van der Waals surface area contributed by atoms with Gasteiger partial charge >= 0.3 is 0 Å². The molecule has 0 saturated heterocycles. The maximum atomic E-state index is 16.5. The normalized spacial score (nSPS) is 12.5. The van der Waals surface area contributed by atoms with E-state index in [1.807, 2.05) is 20.8 Å². The van der Waals surface area contributed by atoms with Gasteiger partial charge in [-0.1, -0.05) is 74.1 Å². The molecule has 0 aliphatic heterocycles. The van der Waals surface area contributed by atoms with Crippen molar-refractivity contribution in [2.75, 3.05) is 0 Å². The molecule has 0 atom stereocenters. The average molecular weight is 460 g/mol. The lowest BCUT2D eigenvalue weighted by Gasteiger charge is -2.28. The number of hydrogen-bond acceptors (Lipinski definition) is 1. The largest absolute Gasteiger partial charge is 0.285 e. The summed E-state index contributed by atoms with van der Waals surface area (Å²) < 4.78 is 34.3. The molecule has 3 aromatic rings. The number of fused-ring (bicyclic) bond motifs is 3. The molecule has 0 unspecified atom stereocenters. The number of unbranched alkanes of at least 4 members (excludes halogenated alkanes) is 1. The Morgan fingerprint density at radius 2 is 1.28 bits per heavy atom. The van der Waals surface area contributed by atoms with Gasteiger partial charge in [0.15, 0.2) is 0 Å². The van der Waals surface area contributed by atoms with E-state index in [1.165, 1.54) is 22.3 Å². The quantitative estimate of drug-likeness (QED) is 0.321. The first-order chi connectivity index (χ1) is 15.1. The smallest absolute Gasteiger partial charge is 0.139 e. The van der Waals surface area contributed by atoms with Crippen LogP contribution in [-0.4, -0.2) is 3.97 Å². The second kappa shape index (κ2) is 9.37. The molecule has 0 bridgehead atoms. The van der Waals surface area contributed by atoms with Gasteiger partial charge in [-0.2, -0.15) is 0 Å². The standard InChI is InChI=1S/C28H39F2NS/c1-9-14-15-28(7,8)23-24(29)20(13-5)27-22(25(23)30)21-19(12-4)17(10-2)16(6)18(11-3)26(21)31(27)32/h32H,9-15H2,1-8H3. The van der Waals surface area contributed by atoms with Crippen molar-refractivity contribution in [3.63, 3.8) is 0 Å². The summed E-state index contributed by atoms with van der Waals surface area (Å²) in [6, 6.07) is 0. The summed E-state index contributed by atoms with van der Waals surface area (Å²) in [6.07, 6.45) is 5.74. The molecule has 1 heterocycles. The van der Waals surface area contributed by atoms with Gasteiger partial charge in [0.2, 0.25) is 0 Å². The van der Waals surface area contributed by atoms with Gasteiger partial charge in [-0.05, 0) is 66.7 Å². The molecule has 4 heteroatoms. The van der Waals surface area contributed by atoms with E-state index in [0.29, 0.717) is 22.9 Å². The topological polar surface area (TPSA) is 4.93 Å². The van der Waals surface area contributed by atoms with Crippen LogP contribution < -0.4 is 0 Å². The zero-order valence-corrected chi connectivity index (χ0v) is 22.0. The summed E-state index contributed by atoms with van der Waals surface area (Å²) >= 11 is 4.85. The number of thiol groups is 1. The monoisotopic (exact) mass is 459 g/mol. The number of benzene rings is 2. The minimum Gasteiger partial charge on any atom is -0.285 e. The van der Waals surface area contributed by atoms with Crippen molar-refractivity contribution in [1.29, 1.82) is 0 Å². The van der Waals surface area contributed by atoms with Crippen LogP contribution in [0.2, 0.25) is 0 Å². The van der Waals surface area contributed by atoms with Crippen molar-refractivity contribution in [3.8, 4) is 0 Å². The predicted octanol–water partition coefficient (Wildman–Crippen LogP) is 8.79. The van der Waals surface area contributed by atoms with Crippen LogP contribution in [-0.2, 0) is 31.1 Å². The van der Waals surface area contributed by atoms with Gasteiger partial charge in [-0.3, -0.25) is 3.97 Å². The molecule has 0 aliphatic rings. The maximum absolute atomic E-state index is 16.5. The molecular formula is C28H39F2NS. The lowest BCUT2D eigenvalue weighted by Crippen LogP contribution is -2.22. The van der Waals surface area contributed by atoms with E-state index in [2.05, 4.69) is 34.6 Å².